The number of thioether (sulfide) groups is 1. The van der Waals surface area contributed by atoms with Crippen molar-refractivity contribution in [1.82, 2.24) is 4.90 Å². The molecule has 0 unspecified atom stereocenters. The Balaban J connectivity index is 1.56. The largest absolute Gasteiger partial charge is 0.497 e. The van der Waals surface area contributed by atoms with Gasteiger partial charge < -0.3 is 14.2 Å². The third kappa shape index (κ3) is 6.44. The molecule has 1 aliphatic rings. The van der Waals surface area contributed by atoms with Crippen molar-refractivity contribution in [2.24, 2.45) is 0 Å². The Kier molecular flexibility index (Phi) is 8.73. The number of ether oxygens (including phenoxy) is 3. The zero-order chi connectivity index (χ0) is 26.5. The van der Waals surface area contributed by atoms with Gasteiger partial charge in [-0.1, -0.05) is 28.1 Å². The van der Waals surface area contributed by atoms with E-state index >= 15 is 0 Å². The van der Waals surface area contributed by atoms with Gasteiger partial charge in [0.05, 0.1) is 35.2 Å². The number of hydrogen-bond acceptors (Lipinski definition) is 7. The number of imide groups is 1. The number of halogens is 2. The van der Waals surface area contributed by atoms with E-state index in [1.165, 1.54) is 4.90 Å². The average molecular weight is 647 g/mol. The lowest BCUT2D eigenvalue weighted by molar-refractivity contribution is -0.123. The van der Waals surface area contributed by atoms with Crippen molar-refractivity contribution in [3.63, 3.8) is 0 Å². The second-order valence-electron chi connectivity index (χ2n) is 7.78. The molecule has 7 nitrogen and oxygen atoms in total. The van der Waals surface area contributed by atoms with Gasteiger partial charge in [-0.15, -0.1) is 0 Å². The summed E-state index contributed by atoms with van der Waals surface area (Å²) in [4.78, 5) is 39.8. The van der Waals surface area contributed by atoms with Crippen LogP contribution in [0.15, 0.2) is 74.5 Å². The van der Waals surface area contributed by atoms with Crippen LogP contribution in [0.2, 0.25) is 0 Å². The summed E-state index contributed by atoms with van der Waals surface area (Å²) < 4.78 is 17.9. The fourth-order valence-electron chi connectivity index (χ4n) is 3.47. The number of amides is 2. The molecule has 37 heavy (non-hydrogen) atoms. The Labute approximate surface area is 235 Å². The summed E-state index contributed by atoms with van der Waals surface area (Å²) in [6.07, 6.45) is 1.62. The number of carbonyl (C=O) groups is 3. The molecule has 2 amide bonds. The summed E-state index contributed by atoms with van der Waals surface area (Å²) in [7, 11) is 1.54. The van der Waals surface area contributed by atoms with Crippen LogP contribution < -0.4 is 14.2 Å². The summed E-state index contributed by atoms with van der Waals surface area (Å²) in [5.41, 5.74) is 1.79. The average Bonchev–Trinajstić information content (AvgIpc) is 3.14. The molecule has 0 spiro atoms. The third-order valence-electron chi connectivity index (χ3n) is 5.28. The van der Waals surface area contributed by atoms with E-state index in [0.717, 1.165) is 21.8 Å². The van der Waals surface area contributed by atoms with Crippen molar-refractivity contribution in [1.29, 1.82) is 0 Å². The molecule has 4 rings (SSSR count). The highest BCUT2D eigenvalue weighted by Crippen LogP contribution is 2.40. The molecule has 10 heteroatoms. The fraction of sp³-hybridized carbons (Fsp3) is 0.148. The Hall–Kier alpha value is -3.08. The van der Waals surface area contributed by atoms with E-state index in [0.29, 0.717) is 38.6 Å². The number of rotatable bonds is 8. The topological polar surface area (TPSA) is 82.1 Å². The summed E-state index contributed by atoms with van der Waals surface area (Å²) in [6.45, 7) is 2.32. The highest BCUT2D eigenvalue weighted by Gasteiger charge is 2.35. The number of benzene rings is 3. The molecule has 3 aromatic rings. The first-order chi connectivity index (χ1) is 17.8. The number of carbonyl (C=O) groups excluding carboxylic acids is 3. The lowest BCUT2D eigenvalue weighted by atomic mass is 10.1. The highest BCUT2D eigenvalue weighted by atomic mass is 79.9. The van der Waals surface area contributed by atoms with E-state index < -0.39 is 5.97 Å². The van der Waals surface area contributed by atoms with Crippen molar-refractivity contribution in [3.05, 3.63) is 91.2 Å². The van der Waals surface area contributed by atoms with Crippen LogP contribution in [0.5, 0.6) is 17.2 Å². The minimum Gasteiger partial charge on any atom is -0.497 e. The first-order valence-corrected chi connectivity index (χ1v) is 13.5. The number of esters is 1. The van der Waals surface area contributed by atoms with Crippen molar-refractivity contribution in [3.8, 4) is 17.2 Å². The predicted molar refractivity (Wildman–Crippen MR) is 149 cm³/mol. The van der Waals surface area contributed by atoms with Crippen LogP contribution in [0.4, 0.5) is 4.79 Å². The molecular formula is C27H21Br2NO6S. The third-order valence-corrected chi connectivity index (χ3v) is 7.30. The van der Waals surface area contributed by atoms with E-state index in [4.69, 9.17) is 14.2 Å². The van der Waals surface area contributed by atoms with Crippen molar-refractivity contribution in [2.75, 3.05) is 13.7 Å². The molecule has 3 aromatic carbocycles. The van der Waals surface area contributed by atoms with Gasteiger partial charge in [0, 0.05) is 4.47 Å². The van der Waals surface area contributed by atoms with E-state index in [2.05, 4.69) is 31.9 Å². The molecule has 0 aromatic heterocycles. The summed E-state index contributed by atoms with van der Waals surface area (Å²) in [6, 6.07) is 17.3. The zero-order valence-electron chi connectivity index (χ0n) is 19.8. The summed E-state index contributed by atoms with van der Waals surface area (Å²) in [5.74, 6) is 0.216. The van der Waals surface area contributed by atoms with Crippen LogP contribution >= 0.6 is 43.6 Å². The lowest BCUT2D eigenvalue weighted by Crippen LogP contribution is -2.27. The molecule has 1 aliphatic heterocycles. The van der Waals surface area contributed by atoms with Gasteiger partial charge in [-0.25, -0.2) is 4.79 Å². The quantitative estimate of drug-likeness (QED) is 0.147. The number of nitrogens with zero attached hydrogens (tertiary/aromatic N) is 1. The standard InChI is InChI=1S/C27H21Br2NO6S/c1-3-35-22-13-17(12-21(29)24(22)36-26(32)18-6-10-20(34-2)11-7-18)14-23-25(31)30(27(33)37-23)15-16-4-8-19(28)9-5-16/h4-14H,3,15H2,1-2H3/b23-14-. The molecular weight excluding hydrogens is 626 g/mol. The van der Waals surface area contributed by atoms with Gasteiger partial charge in [0.25, 0.3) is 11.1 Å². The molecule has 190 valence electrons. The van der Waals surface area contributed by atoms with Gasteiger partial charge in [0.2, 0.25) is 0 Å². The van der Waals surface area contributed by atoms with Crippen LogP contribution in [-0.4, -0.2) is 35.7 Å². The molecule has 0 atom stereocenters. The maximum atomic E-state index is 13.0. The fourth-order valence-corrected chi connectivity index (χ4v) is 5.12. The SMILES string of the molecule is CCOc1cc(/C=C2\SC(=O)N(Cc3ccc(Br)cc3)C2=O)cc(Br)c1OC(=O)c1ccc(OC)cc1. The van der Waals surface area contributed by atoms with Gasteiger partial charge in [0.1, 0.15) is 5.75 Å². The van der Waals surface area contributed by atoms with Crippen LogP contribution in [0.3, 0.4) is 0 Å². The van der Waals surface area contributed by atoms with E-state index in [1.54, 1.807) is 49.6 Å². The van der Waals surface area contributed by atoms with Gasteiger partial charge in [0.15, 0.2) is 11.5 Å². The van der Waals surface area contributed by atoms with Crippen LogP contribution in [-0.2, 0) is 11.3 Å². The second-order valence-corrected chi connectivity index (χ2v) is 10.5. The van der Waals surface area contributed by atoms with Crippen LogP contribution in [0.1, 0.15) is 28.4 Å². The predicted octanol–water partition coefficient (Wildman–Crippen LogP) is 7.07. The van der Waals surface area contributed by atoms with Gasteiger partial charge in [-0.05, 0) is 100 Å². The van der Waals surface area contributed by atoms with Crippen LogP contribution in [0, 0.1) is 0 Å². The first-order valence-electron chi connectivity index (χ1n) is 11.1. The van der Waals surface area contributed by atoms with Crippen molar-refractivity contribution >= 4 is 66.8 Å². The Morgan fingerprint density at radius 1 is 1.03 bits per heavy atom. The molecule has 0 aliphatic carbocycles. The van der Waals surface area contributed by atoms with E-state index in [1.807, 2.05) is 31.2 Å². The molecule has 1 fully saturated rings. The van der Waals surface area contributed by atoms with Crippen molar-refractivity contribution < 1.29 is 28.6 Å². The number of hydrogen-bond donors (Lipinski definition) is 0. The maximum absolute atomic E-state index is 13.0. The summed E-state index contributed by atoms with van der Waals surface area (Å²) >= 11 is 7.71. The van der Waals surface area contributed by atoms with Crippen molar-refractivity contribution in [2.45, 2.75) is 13.5 Å². The normalized spacial score (nSPS) is 14.3. The number of methoxy groups -OCH3 is 1. The molecule has 0 radical (unpaired) electrons. The monoisotopic (exact) mass is 645 g/mol. The second kappa shape index (κ2) is 12.0. The molecule has 0 N–H and O–H groups in total. The van der Waals surface area contributed by atoms with E-state index in [-0.39, 0.29) is 23.4 Å². The van der Waals surface area contributed by atoms with Gasteiger partial charge >= 0.3 is 5.97 Å². The molecule has 0 bridgehead atoms. The maximum Gasteiger partial charge on any atom is 0.343 e. The Bertz CT molecular complexity index is 1370. The summed E-state index contributed by atoms with van der Waals surface area (Å²) in [5, 5.41) is -0.340. The molecule has 1 heterocycles. The molecule has 1 saturated heterocycles. The Morgan fingerprint density at radius 3 is 2.38 bits per heavy atom. The zero-order valence-corrected chi connectivity index (χ0v) is 23.8. The highest BCUT2D eigenvalue weighted by molar-refractivity contribution is 9.10. The lowest BCUT2D eigenvalue weighted by Gasteiger charge is -2.14. The van der Waals surface area contributed by atoms with Gasteiger partial charge in [-0.3, -0.25) is 14.5 Å². The first kappa shape index (κ1) is 27.0. The van der Waals surface area contributed by atoms with E-state index in [9.17, 15) is 14.4 Å². The molecule has 0 saturated carbocycles. The van der Waals surface area contributed by atoms with Crippen LogP contribution in [0.25, 0.3) is 6.08 Å². The smallest absolute Gasteiger partial charge is 0.343 e. The Morgan fingerprint density at radius 2 is 1.73 bits per heavy atom. The van der Waals surface area contributed by atoms with Gasteiger partial charge in [-0.2, -0.15) is 0 Å². The minimum atomic E-state index is -0.564. The minimum absolute atomic E-state index is 0.184.